The van der Waals surface area contributed by atoms with Gasteiger partial charge in [0.05, 0.1) is 5.92 Å². The highest BCUT2D eigenvalue weighted by molar-refractivity contribution is 5.52. The molecule has 0 saturated heterocycles. The zero-order chi connectivity index (χ0) is 13.1. The van der Waals surface area contributed by atoms with E-state index in [0.29, 0.717) is 0 Å². The van der Waals surface area contributed by atoms with Gasteiger partial charge in [0.1, 0.15) is 6.29 Å². The number of hydrogen-bond acceptors (Lipinski definition) is 3. The Balaban J connectivity index is 3.13. The van der Waals surface area contributed by atoms with Crippen LogP contribution in [0.1, 0.15) is 37.3 Å². The van der Waals surface area contributed by atoms with Gasteiger partial charge in [0.25, 0.3) is 0 Å². The van der Waals surface area contributed by atoms with Crippen LogP contribution in [-0.4, -0.2) is 16.7 Å². The van der Waals surface area contributed by atoms with Crippen molar-refractivity contribution in [1.29, 1.82) is 0 Å². The Morgan fingerprint density at radius 3 is 2.29 bits per heavy atom. The molecule has 0 amide bonds. The largest absolute Gasteiger partial charge is 0.303 e. The number of hydrogen-bond donors (Lipinski definition) is 0. The maximum atomic E-state index is 11.1. The maximum Gasteiger partial charge on any atom is 0.223 e. The highest BCUT2D eigenvalue weighted by atomic mass is 16.6. The first-order chi connectivity index (χ1) is 7.89. The second kappa shape index (κ2) is 5.08. The third kappa shape index (κ3) is 2.90. The fourth-order valence-corrected chi connectivity index (χ4v) is 1.85. The predicted molar refractivity (Wildman–Crippen MR) is 65.7 cm³/mol. The van der Waals surface area contributed by atoms with Gasteiger partial charge in [-0.25, -0.2) is 0 Å². The molecule has 0 aliphatic rings. The van der Waals surface area contributed by atoms with Crippen LogP contribution in [0.3, 0.4) is 0 Å². The summed E-state index contributed by atoms with van der Waals surface area (Å²) in [6, 6.07) is 7.52. The standard InChI is InChI=1S/C13H17NO3/c1-10-4-6-11(7-5-10)12(8-9-15)13(2,3)14(16)17/h4-7,9,12H,8H2,1-3H3. The zero-order valence-electron chi connectivity index (χ0n) is 10.3. The van der Waals surface area contributed by atoms with Gasteiger partial charge in [0, 0.05) is 25.2 Å². The normalized spacial score (nSPS) is 13.1. The first-order valence-corrected chi connectivity index (χ1v) is 5.54. The van der Waals surface area contributed by atoms with Gasteiger partial charge in [-0.05, 0) is 12.5 Å². The minimum atomic E-state index is -1.14. The van der Waals surface area contributed by atoms with E-state index in [2.05, 4.69) is 0 Å². The molecular formula is C13H17NO3. The van der Waals surface area contributed by atoms with Gasteiger partial charge in [0.15, 0.2) is 0 Å². The predicted octanol–water partition coefficient (Wildman–Crippen LogP) is 2.72. The summed E-state index contributed by atoms with van der Waals surface area (Å²) in [5.74, 6) is -0.393. The molecule has 0 radical (unpaired) electrons. The van der Waals surface area contributed by atoms with Gasteiger partial charge in [-0.15, -0.1) is 0 Å². The number of nitro groups is 1. The molecule has 0 spiro atoms. The monoisotopic (exact) mass is 235 g/mol. The smallest absolute Gasteiger partial charge is 0.223 e. The lowest BCUT2D eigenvalue weighted by Crippen LogP contribution is -2.38. The third-order valence-corrected chi connectivity index (χ3v) is 3.13. The molecule has 0 aliphatic carbocycles. The number of rotatable bonds is 5. The van der Waals surface area contributed by atoms with Gasteiger partial charge in [-0.2, -0.15) is 0 Å². The first-order valence-electron chi connectivity index (χ1n) is 5.54. The van der Waals surface area contributed by atoms with E-state index in [1.54, 1.807) is 13.8 Å². The number of benzene rings is 1. The third-order valence-electron chi connectivity index (χ3n) is 3.13. The molecule has 4 heteroatoms. The van der Waals surface area contributed by atoms with Crippen molar-refractivity contribution < 1.29 is 9.72 Å². The molecule has 1 rings (SSSR count). The first kappa shape index (κ1) is 13.4. The van der Waals surface area contributed by atoms with Crippen molar-refractivity contribution in [3.05, 3.63) is 45.5 Å². The van der Waals surface area contributed by atoms with E-state index in [0.717, 1.165) is 17.4 Å². The van der Waals surface area contributed by atoms with Crippen molar-refractivity contribution in [3.63, 3.8) is 0 Å². The van der Waals surface area contributed by atoms with Crippen LogP contribution in [0, 0.1) is 17.0 Å². The molecule has 0 bridgehead atoms. The van der Waals surface area contributed by atoms with Crippen LogP contribution < -0.4 is 0 Å². The number of nitrogens with zero attached hydrogens (tertiary/aromatic N) is 1. The average Bonchev–Trinajstić information content (AvgIpc) is 2.27. The maximum absolute atomic E-state index is 11.1. The van der Waals surface area contributed by atoms with Crippen molar-refractivity contribution in [3.8, 4) is 0 Å². The molecule has 92 valence electrons. The molecule has 0 fully saturated rings. The molecule has 0 aromatic heterocycles. The Labute approximate surface area is 101 Å². The molecule has 1 aromatic carbocycles. The highest BCUT2D eigenvalue weighted by Crippen LogP contribution is 2.33. The summed E-state index contributed by atoms with van der Waals surface area (Å²) < 4.78 is 0. The topological polar surface area (TPSA) is 60.2 Å². The number of carbonyl (C=O) groups excluding carboxylic acids is 1. The number of aldehydes is 1. The van der Waals surface area contributed by atoms with Crippen LogP contribution >= 0.6 is 0 Å². The van der Waals surface area contributed by atoms with E-state index in [1.807, 2.05) is 31.2 Å². The Kier molecular flexibility index (Phi) is 3.99. The van der Waals surface area contributed by atoms with E-state index in [4.69, 9.17) is 0 Å². The van der Waals surface area contributed by atoms with Crippen molar-refractivity contribution in [2.24, 2.45) is 0 Å². The number of aryl methyl sites for hydroxylation is 1. The summed E-state index contributed by atoms with van der Waals surface area (Å²) in [5, 5.41) is 11.1. The lowest BCUT2D eigenvalue weighted by atomic mass is 9.80. The second-order valence-electron chi connectivity index (χ2n) is 4.78. The fourth-order valence-electron chi connectivity index (χ4n) is 1.85. The van der Waals surface area contributed by atoms with Gasteiger partial charge in [-0.3, -0.25) is 10.1 Å². The van der Waals surface area contributed by atoms with E-state index < -0.39 is 11.5 Å². The zero-order valence-corrected chi connectivity index (χ0v) is 10.3. The van der Waals surface area contributed by atoms with Crippen molar-refractivity contribution in [1.82, 2.24) is 0 Å². The van der Waals surface area contributed by atoms with Gasteiger partial charge in [0.2, 0.25) is 5.54 Å². The van der Waals surface area contributed by atoms with E-state index in [9.17, 15) is 14.9 Å². The molecule has 0 N–H and O–H groups in total. The Bertz CT molecular complexity index is 409. The van der Waals surface area contributed by atoms with E-state index in [1.165, 1.54) is 0 Å². The van der Waals surface area contributed by atoms with Crippen LogP contribution in [0.5, 0.6) is 0 Å². The Morgan fingerprint density at radius 1 is 1.35 bits per heavy atom. The van der Waals surface area contributed by atoms with Gasteiger partial charge >= 0.3 is 0 Å². The van der Waals surface area contributed by atoms with Crippen molar-refractivity contribution >= 4 is 6.29 Å². The van der Waals surface area contributed by atoms with E-state index >= 15 is 0 Å². The van der Waals surface area contributed by atoms with Crippen LogP contribution in [0.4, 0.5) is 0 Å². The minimum Gasteiger partial charge on any atom is -0.303 e. The highest BCUT2D eigenvalue weighted by Gasteiger charge is 2.41. The summed E-state index contributed by atoms with van der Waals surface area (Å²) in [7, 11) is 0. The molecule has 4 nitrogen and oxygen atoms in total. The van der Waals surface area contributed by atoms with Gasteiger partial charge in [-0.1, -0.05) is 29.8 Å². The fraction of sp³-hybridized carbons (Fsp3) is 0.462. The SMILES string of the molecule is Cc1ccc(C(CC=O)C(C)(C)[N+](=O)[O-])cc1. The summed E-state index contributed by atoms with van der Waals surface area (Å²) >= 11 is 0. The average molecular weight is 235 g/mol. The summed E-state index contributed by atoms with van der Waals surface area (Å²) in [4.78, 5) is 21.5. The lowest BCUT2D eigenvalue weighted by Gasteiger charge is -2.25. The summed E-state index contributed by atoms with van der Waals surface area (Å²) in [6.07, 6.45) is 0.910. The molecule has 0 heterocycles. The quantitative estimate of drug-likeness (QED) is 0.448. The van der Waals surface area contributed by atoms with E-state index in [-0.39, 0.29) is 11.3 Å². The van der Waals surface area contributed by atoms with Crippen molar-refractivity contribution in [2.45, 2.75) is 38.6 Å². The summed E-state index contributed by atoms with van der Waals surface area (Å²) in [5.41, 5.74) is 0.790. The molecular weight excluding hydrogens is 218 g/mol. The molecule has 1 atom stereocenters. The van der Waals surface area contributed by atoms with Crippen molar-refractivity contribution in [2.75, 3.05) is 0 Å². The molecule has 1 aromatic rings. The van der Waals surface area contributed by atoms with Crippen LogP contribution in [0.15, 0.2) is 24.3 Å². The Morgan fingerprint density at radius 2 is 1.88 bits per heavy atom. The molecule has 17 heavy (non-hydrogen) atoms. The number of carbonyl (C=O) groups is 1. The van der Waals surface area contributed by atoms with Crippen LogP contribution in [0.25, 0.3) is 0 Å². The summed E-state index contributed by atoms with van der Waals surface area (Å²) in [6.45, 7) is 5.07. The molecule has 0 aliphatic heterocycles. The van der Waals surface area contributed by atoms with Crippen LogP contribution in [0.2, 0.25) is 0 Å². The molecule has 1 unspecified atom stereocenters. The minimum absolute atomic E-state index is 0.164. The second-order valence-corrected chi connectivity index (χ2v) is 4.78. The Hall–Kier alpha value is -1.71. The molecule has 0 saturated carbocycles. The lowest BCUT2D eigenvalue weighted by molar-refractivity contribution is -0.565. The van der Waals surface area contributed by atoms with Crippen LogP contribution in [-0.2, 0) is 4.79 Å². The van der Waals surface area contributed by atoms with Gasteiger partial charge < -0.3 is 4.79 Å².